The van der Waals surface area contributed by atoms with E-state index in [4.69, 9.17) is 4.74 Å². The van der Waals surface area contributed by atoms with Crippen LogP contribution in [-0.4, -0.2) is 12.6 Å². The van der Waals surface area contributed by atoms with Crippen molar-refractivity contribution < 1.29 is 9.53 Å². The molecule has 3 aliphatic carbocycles. The predicted octanol–water partition coefficient (Wildman–Crippen LogP) is 2.79. The molecule has 2 bridgehead atoms. The lowest BCUT2D eigenvalue weighted by Crippen LogP contribution is -2.53. The molecule has 0 unspecified atom stereocenters. The van der Waals surface area contributed by atoms with E-state index in [9.17, 15) is 4.79 Å². The Morgan fingerprint density at radius 1 is 1.53 bits per heavy atom. The third-order valence-corrected chi connectivity index (χ3v) is 4.61. The summed E-state index contributed by atoms with van der Waals surface area (Å²) in [6.07, 6.45) is 5.11. The lowest BCUT2D eigenvalue weighted by Gasteiger charge is -2.60. The topological polar surface area (TPSA) is 26.3 Å². The van der Waals surface area contributed by atoms with Crippen molar-refractivity contribution in [2.75, 3.05) is 6.61 Å². The van der Waals surface area contributed by atoms with Crippen LogP contribution in [0.4, 0.5) is 0 Å². The van der Waals surface area contributed by atoms with E-state index in [1.807, 2.05) is 0 Å². The van der Waals surface area contributed by atoms with Gasteiger partial charge in [-0.25, -0.2) is 4.79 Å². The second-order valence-electron chi connectivity index (χ2n) is 5.53. The fourth-order valence-corrected chi connectivity index (χ4v) is 3.41. The standard InChI is InChI=1S/C13H20O2/c1-4-12(14)15-8-9-5-6-10-7-11(9)13(10,2)3/h4,9-11H,1,5-8H2,2-3H3/t9-,10-,11-/m1/s1. The van der Waals surface area contributed by atoms with Crippen LogP contribution in [0.3, 0.4) is 0 Å². The van der Waals surface area contributed by atoms with Crippen molar-refractivity contribution in [1.82, 2.24) is 0 Å². The maximum atomic E-state index is 11.0. The van der Waals surface area contributed by atoms with Gasteiger partial charge >= 0.3 is 5.97 Å². The second kappa shape index (κ2) is 3.66. The molecule has 2 nitrogen and oxygen atoms in total. The normalized spacial score (nSPS) is 36.5. The van der Waals surface area contributed by atoms with E-state index >= 15 is 0 Å². The minimum absolute atomic E-state index is 0.283. The number of carbonyl (C=O) groups is 1. The quantitative estimate of drug-likeness (QED) is 0.526. The second-order valence-corrected chi connectivity index (χ2v) is 5.53. The molecule has 0 aromatic rings. The number of carbonyl (C=O) groups excluding carboxylic acids is 1. The van der Waals surface area contributed by atoms with E-state index in [-0.39, 0.29) is 5.97 Å². The van der Waals surface area contributed by atoms with E-state index in [0.717, 1.165) is 11.8 Å². The van der Waals surface area contributed by atoms with Crippen molar-refractivity contribution in [3.8, 4) is 0 Å². The maximum absolute atomic E-state index is 11.0. The summed E-state index contributed by atoms with van der Waals surface area (Å²) >= 11 is 0. The summed E-state index contributed by atoms with van der Waals surface area (Å²) in [4.78, 5) is 11.0. The van der Waals surface area contributed by atoms with Crippen molar-refractivity contribution >= 4 is 5.97 Å². The predicted molar refractivity (Wildman–Crippen MR) is 59.3 cm³/mol. The Labute approximate surface area is 91.7 Å². The fourth-order valence-electron chi connectivity index (χ4n) is 3.41. The highest BCUT2D eigenvalue weighted by Crippen LogP contribution is 2.61. The van der Waals surface area contributed by atoms with Gasteiger partial charge in [0, 0.05) is 6.08 Å². The Kier molecular flexibility index (Phi) is 2.61. The van der Waals surface area contributed by atoms with Gasteiger partial charge in [-0.1, -0.05) is 20.4 Å². The summed E-state index contributed by atoms with van der Waals surface area (Å²) in [7, 11) is 0. The highest BCUT2D eigenvalue weighted by molar-refractivity contribution is 5.81. The number of rotatable bonds is 3. The lowest BCUT2D eigenvalue weighted by molar-refractivity contribution is -0.151. The molecule has 2 heteroatoms. The van der Waals surface area contributed by atoms with E-state index in [1.54, 1.807) is 0 Å². The number of esters is 1. The van der Waals surface area contributed by atoms with Crippen LogP contribution in [0.15, 0.2) is 12.7 Å². The molecule has 84 valence electrons. The first-order valence-electron chi connectivity index (χ1n) is 5.85. The minimum Gasteiger partial charge on any atom is -0.462 e. The average molecular weight is 208 g/mol. The first-order valence-corrected chi connectivity index (χ1v) is 5.85. The van der Waals surface area contributed by atoms with E-state index in [2.05, 4.69) is 20.4 Å². The molecule has 0 aromatic carbocycles. The van der Waals surface area contributed by atoms with Crippen LogP contribution in [0, 0.1) is 23.2 Å². The van der Waals surface area contributed by atoms with Crippen molar-refractivity contribution in [3.05, 3.63) is 12.7 Å². The summed E-state index contributed by atoms with van der Waals surface area (Å²) in [5.74, 6) is 1.96. The molecule has 0 radical (unpaired) electrons. The van der Waals surface area contributed by atoms with Gasteiger partial charge in [-0.2, -0.15) is 0 Å². The van der Waals surface area contributed by atoms with Crippen LogP contribution in [0.5, 0.6) is 0 Å². The number of hydrogen-bond acceptors (Lipinski definition) is 2. The first-order chi connectivity index (χ1) is 7.05. The monoisotopic (exact) mass is 208 g/mol. The zero-order valence-corrected chi connectivity index (χ0v) is 9.66. The zero-order chi connectivity index (χ0) is 11.1. The summed E-state index contributed by atoms with van der Waals surface area (Å²) in [5, 5.41) is 0. The molecule has 0 spiro atoms. The Balaban J connectivity index is 1.88. The molecule has 3 rings (SSSR count). The van der Waals surface area contributed by atoms with Gasteiger partial charge < -0.3 is 4.74 Å². The largest absolute Gasteiger partial charge is 0.462 e. The molecule has 0 N–H and O–H groups in total. The van der Waals surface area contributed by atoms with Crippen molar-refractivity contribution in [3.63, 3.8) is 0 Å². The van der Waals surface area contributed by atoms with Crippen LogP contribution in [-0.2, 0) is 9.53 Å². The van der Waals surface area contributed by atoms with Crippen molar-refractivity contribution in [2.24, 2.45) is 23.2 Å². The molecule has 0 heterocycles. The lowest BCUT2D eigenvalue weighted by atomic mass is 9.46. The Hall–Kier alpha value is -0.790. The minimum atomic E-state index is -0.283. The van der Waals surface area contributed by atoms with Crippen LogP contribution < -0.4 is 0 Å². The smallest absolute Gasteiger partial charge is 0.330 e. The van der Waals surface area contributed by atoms with Crippen LogP contribution in [0.2, 0.25) is 0 Å². The average Bonchev–Trinajstić information content (AvgIpc) is 2.25. The molecule has 0 aliphatic heterocycles. The highest BCUT2D eigenvalue weighted by atomic mass is 16.5. The Morgan fingerprint density at radius 2 is 2.27 bits per heavy atom. The zero-order valence-electron chi connectivity index (χ0n) is 9.66. The van der Waals surface area contributed by atoms with Crippen LogP contribution in [0.1, 0.15) is 33.1 Å². The van der Waals surface area contributed by atoms with Gasteiger partial charge in [-0.05, 0) is 42.4 Å². The summed E-state index contributed by atoms with van der Waals surface area (Å²) in [6.45, 7) is 8.71. The molecule has 0 saturated heterocycles. The third kappa shape index (κ3) is 1.70. The SMILES string of the molecule is C=CC(=O)OC[C@H]1CC[C@@H]2C[C@H]1C2(C)C. The van der Waals surface area contributed by atoms with Gasteiger partial charge in [-0.3, -0.25) is 0 Å². The number of hydrogen-bond donors (Lipinski definition) is 0. The van der Waals surface area contributed by atoms with Gasteiger partial charge in [0.15, 0.2) is 0 Å². The Morgan fingerprint density at radius 3 is 2.80 bits per heavy atom. The molecule has 3 aliphatic rings. The van der Waals surface area contributed by atoms with Crippen LogP contribution in [0.25, 0.3) is 0 Å². The number of fused-ring (bicyclic) bond motifs is 2. The van der Waals surface area contributed by atoms with Gasteiger partial charge in [0.2, 0.25) is 0 Å². The summed E-state index contributed by atoms with van der Waals surface area (Å²) in [5.41, 5.74) is 0.476. The van der Waals surface area contributed by atoms with Gasteiger partial charge in [0.25, 0.3) is 0 Å². The molecule has 3 atom stereocenters. The maximum Gasteiger partial charge on any atom is 0.330 e. The first kappa shape index (κ1) is 10.7. The summed E-state index contributed by atoms with van der Waals surface area (Å²) < 4.78 is 5.16. The molecule has 15 heavy (non-hydrogen) atoms. The molecular weight excluding hydrogens is 188 g/mol. The summed E-state index contributed by atoms with van der Waals surface area (Å²) in [6, 6.07) is 0. The van der Waals surface area contributed by atoms with Gasteiger partial charge in [0.1, 0.15) is 0 Å². The van der Waals surface area contributed by atoms with Crippen LogP contribution >= 0.6 is 0 Å². The third-order valence-electron chi connectivity index (χ3n) is 4.61. The number of ether oxygens (including phenoxy) is 1. The van der Waals surface area contributed by atoms with Crippen molar-refractivity contribution in [2.45, 2.75) is 33.1 Å². The van der Waals surface area contributed by atoms with E-state index < -0.39 is 0 Å². The Bertz CT molecular complexity index is 278. The molecule has 0 amide bonds. The fraction of sp³-hybridized carbons (Fsp3) is 0.769. The van der Waals surface area contributed by atoms with Gasteiger partial charge in [0.05, 0.1) is 6.61 Å². The highest BCUT2D eigenvalue weighted by Gasteiger charge is 2.54. The molecular formula is C13H20O2. The molecule has 3 fully saturated rings. The molecule has 3 saturated carbocycles. The van der Waals surface area contributed by atoms with Crippen molar-refractivity contribution in [1.29, 1.82) is 0 Å². The van der Waals surface area contributed by atoms with Gasteiger partial charge in [-0.15, -0.1) is 0 Å². The van der Waals surface area contributed by atoms with E-state index in [0.29, 0.717) is 17.9 Å². The molecule has 0 aromatic heterocycles. The van der Waals surface area contributed by atoms with E-state index in [1.165, 1.54) is 25.3 Å².